The average Bonchev–Trinajstić information content (AvgIpc) is 3.28. The highest BCUT2D eigenvalue weighted by Gasteiger charge is 2.27. The van der Waals surface area contributed by atoms with E-state index in [2.05, 4.69) is 5.32 Å². The van der Waals surface area contributed by atoms with Crippen LogP contribution in [0, 0.1) is 5.82 Å². The number of carbonyl (C=O) groups excluding carboxylic acids is 2. The number of nitrogens with zero attached hydrogens (tertiary/aromatic N) is 1. The maximum Gasteiger partial charge on any atom is 0.348 e. The molecule has 7 nitrogen and oxygen atoms in total. The third-order valence-electron chi connectivity index (χ3n) is 5.23. The van der Waals surface area contributed by atoms with E-state index in [1.54, 1.807) is 24.3 Å². The van der Waals surface area contributed by atoms with Gasteiger partial charge in [-0.1, -0.05) is 23.7 Å². The van der Waals surface area contributed by atoms with Crippen molar-refractivity contribution in [3.8, 4) is 0 Å². The van der Waals surface area contributed by atoms with Crippen molar-refractivity contribution >= 4 is 60.6 Å². The zero-order valence-electron chi connectivity index (χ0n) is 18.9. The minimum Gasteiger partial charge on any atom is -0.465 e. The lowest BCUT2D eigenvalue weighted by Gasteiger charge is -2.22. The fourth-order valence-corrected chi connectivity index (χ4v) is 5.93. The van der Waals surface area contributed by atoms with Gasteiger partial charge in [0.25, 0.3) is 0 Å². The molecule has 0 radical (unpaired) electrons. The number of benzene rings is 3. The monoisotopic (exact) mass is 546 g/mol. The van der Waals surface area contributed by atoms with E-state index in [4.69, 9.17) is 16.3 Å². The summed E-state index contributed by atoms with van der Waals surface area (Å²) < 4.78 is 46.7. The number of anilines is 1. The molecule has 1 N–H and O–H groups in total. The summed E-state index contributed by atoms with van der Waals surface area (Å²) in [4.78, 5) is 25.1. The Kier molecular flexibility index (Phi) is 7.70. The first-order chi connectivity index (χ1) is 17.2. The standard InChI is InChI=1S/C25H20ClFN2O5S2/c1-34-25(31)23-13-17-12-20(8-11-22(17)35-23)28-24(30)15-29(14-16-2-6-19(27)7-3-16)36(32,33)21-9-4-18(26)5-10-21/h2-13H,14-15H2,1H3,(H,28,30). The molecule has 4 rings (SSSR count). The molecule has 0 fully saturated rings. The first-order valence-electron chi connectivity index (χ1n) is 10.6. The van der Waals surface area contributed by atoms with Crippen LogP contribution in [0.25, 0.3) is 10.1 Å². The number of sulfonamides is 1. The van der Waals surface area contributed by atoms with Crippen LogP contribution in [-0.2, 0) is 26.1 Å². The van der Waals surface area contributed by atoms with Crippen molar-refractivity contribution in [2.24, 2.45) is 0 Å². The number of hydrogen-bond acceptors (Lipinski definition) is 6. The number of methoxy groups -OCH3 is 1. The highest BCUT2D eigenvalue weighted by atomic mass is 35.5. The zero-order valence-corrected chi connectivity index (χ0v) is 21.3. The second-order valence-corrected chi connectivity index (χ2v) is 11.2. The minimum atomic E-state index is -4.09. The summed E-state index contributed by atoms with van der Waals surface area (Å²) in [5.74, 6) is -1.48. The zero-order chi connectivity index (χ0) is 25.9. The van der Waals surface area contributed by atoms with Crippen molar-refractivity contribution in [1.82, 2.24) is 4.31 Å². The van der Waals surface area contributed by atoms with Gasteiger partial charge in [0.2, 0.25) is 15.9 Å². The first kappa shape index (κ1) is 25.8. The third kappa shape index (κ3) is 5.90. The molecular weight excluding hydrogens is 527 g/mol. The van der Waals surface area contributed by atoms with Crippen LogP contribution in [0.2, 0.25) is 5.02 Å². The number of halogens is 2. The molecule has 0 aliphatic carbocycles. The predicted octanol–water partition coefficient (Wildman–Crippen LogP) is 5.31. The summed E-state index contributed by atoms with van der Waals surface area (Å²) in [7, 11) is -2.79. The number of rotatable bonds is 8. The minimum absolute atomic E-state index is 0.0307. The van der Waals surface area contributed by atoms with Gasteiger partial charge >= 0.3 is 5.97 Å². The Hall–Kier alpha value is -3.31. The molecule has 3 aromatic carbocycles. The van der Waals surface area contributed by atoms with Crippen molar-refractivity contribution in [3.05, 3.63) is 94.1 Å². The summed E-state index contributed by atoms with van der Waals surface area (Å²) >= 11 is 7.16. The van der Waals surface area contributed by atoms with Gasteiger partial charge in [-0.05, 0) is 71.6 Å². The lowest BCUT2D eigenvalue weighted by molar-refractivity contribution is -0.116. The molecule has 36 heavy (non-hydrogen) atoms. The topological polar surface area (TPSA) is 92.8 Å². The highest BCUT2D eigenvalue weighted by molar-refractivity contribution is 7.89. The van der Waals surface area contributed by atoms with Crippen LogP contribution < -0.4 is 5.32 Å². The van der Waals surface area contributed by atoms with Gasteiger partial charge in [0, 0.05) is 22.0 Å². The first-order valence-corrected chi connectivity index (χ1v) is 13.2. The molecule has 11 heteroatoms. The molecule has 0 saturated carbocycles. The molecule has 0 aliphatic rings. The Labute approximate surface area is 216 Å². The molecule has 1 aromatic heterocycles. The fraction of sp³-hybridized carbons (Fsp3) is 0.120. The Bertz CT molecular complexity index is 1520. The summed E-state index contributed by atoms with van der Waals surface area (Å²) in [6.07, 6.45) is 0. The van der Waals surface area contributed by atoms with Crippen LogP contribution in [0.4, 0.5) is 10.1 Å². The van der Waals surface area contributed by atoms with Crippen LogP contribution in [0.3, 0.4) is 0 Å². The fourth-order valence-electron chi connectivity index (χ4n) is 3.46. The van der Waals surface area contributed by atoms with Gasteiger partial charge in [-0.15, -0.1) is 11.3 Å². The van der Waals surface area contributed by atoms with Crippen LogP contribution in [0.15, 0.2) is 77.7 Å². The molecule has 0 atom stereocenters. The number of hydrogen-bond donors (Lipinski definition) is 1. The van der Waals surface area contributed by atoms with Crippen molar-refractivity contribution in [2.75, 3.05) is 19.0 Å². The predicted molar refractivity (Wildman–Crippen MR) is 137 cm³/mol. The molecular formula is C25H20ClFN2O5S2. The van der Waals surface area contributed by atoms with Gasteiger partial charge < -0.3 is 10.1 Å². The lowest BCUT2D eigenvalue weighted by Crippen LogP contribution is -2.37. The summed E-state index contributed by atoms with van der Waals surface area (Å²) in [5, 5.41) is 3.81. The maximum absolute atomic E-state index is 13.4. The number of carbonyl (C=O) groups is 2. The van der Waals surface area contributed by atoms with E-state index in [1.165, 1.54) is 67.0 Å². The lowest BCUT2D eigenvalue weighted by atomic mass is 10.2. The summed E-state index contributed by atoms with van der Waals surface area (Å²) in [6.45, 7) is -0.637. The number of amides is 1. The SMILES string of the molecule is COC(=O)c1cc2cc(NC(=O)CN(Cc3ccc(F)cc3)S(=O)(=O)c3ccc(Cl)cc3)ccc2s1. The van der Waals surface area contributed by atoms with Gasteiger partial charge in [0.05, 0.1) is 18.6 Å². The molecule has 4 aromatic rings. The second-order valence-electron chi connectivity index (χ2n) is 7.76. The number of esters is 1. The second kappa shape index (κ2) is 10.8. The quantitative estimate of drug-likeness (QED) is 0.302. The van der Waals surface area contributed by atoms with Crippen molar-refractivity contribution in [1.29, 1.82) is 0 Å². The highest BCUT2D eigenvalue weighted by Crippen LogP contribution is 2.29. The van der Waals surface area contributed by atoms with E-state index in [0.29, 0.717) is 21.2 Å². The van der Waals surface area contributed by atoms with E-state index < -0.39 is 34.3 Å². The Morgan fingerprint density at radius 3 is 2.39 bits per heavy atom. The van der Waals surface area contributed by atoms with Crippen LogP contribution in [-0.4, -0.2) is 38.3 Å². The van der Waals surface area contributed by atoms with Crippen molar-refractivity contribution in [3.63, 3.8) is 0 Å². The maximum atomic E-state index is 13.4. The number of fused-ring (bicyclic) bond motifs is 1. The molecule has 0 bridgehead atoms. The van der Waals surface area contributed by atoms with E-state index in [-0.39, 0.29) is 11.4 Å². The molecule has 0 spiro atoms. The van der Waals surface area contributed by atoms with Gasteiger partial charge in [0.1, 0.15) is 10.7 Å². The molecule has 0 saturated heterocycles. The Morgan fingerprint density at radius 2 is 1.72 bits per heavy atom. The van der Waals surface area contributed by atoms with Gasteiger partial charge in [-0.3, -0.25) is 4.79 Å². The smallest absolute Gasteiger partial charge is 0.348 e. The van der Waals surface area contributed by atoms with Gasteiger partial charge in [-0.25, -0.2) is 17.6 Å². The third-order valence-corrected chi connectivity index (χ3v) is 8.38. The van der Waals surface area contributed by atoms with Gasteiger partial charge in [0.15, 0.2) is 0 Å². The average molecular weight is 547 g/mol. The Balaban J connectivity index is 1.57. The summed E-state index contributed by atoms with van der Waals surface area (Å²) in [6, 6.07) is 17.7. The summed E-state index contributed by atoms with van der Waals surface area (Å²) in [5.41, 5.74) is 0.948. The largest absolute Gasteiger partial charge is 0.465 e. The number of thiophene rings is 1. The molecule has 0 unspecified atom stereocenters. The number of nitrogens with one attached hydrogen (secondary N) is 1. The van der Waals surface area contributed by atoms with E-state index in [1.807, 2.05) is 0 Å². The Morgan fingerprint density at radius 1 is 1.03 bits per heavy atom. The number of ether oxygens (including phenoxy) is 1. The van der Waals surface area contributed by atoms with Crippen molar-refractivity contribution < 1.29 is 27.1 Å². The van der Waals surface area contributed by atoms with Crippen LogP contribution >= 0.6 is 22.9 Å². The van der Waals surface area contributed by atoms with E-state index in [9.17, 15) is 22.4 Å². The van der Waals surface area contributed by atoms with Gasteiger partial charge in [-0.2, -0.15) is 4.31 Å². The van der Waals surface area contributed by atoms with Crippen molar-refractivity contribution in [2.45, 2.75) is 11.4 Å². The van der Waals surface area contributed by atoms with E-state index in [0.717, 1.165) is 14.4 Å². The molecule has 0 aliphatic heterocycles. The van der Waals surface area contributed by atoms with Crippen LogP contribution in [0.1, 0.15) is 15.2 Å². The molecule has 186 valence electrons. The van der Waals surface area contributed by atoms with Crippen LogP contribution in [0.5, 0.6) is 0 Å². The molecule has 1 amide bonds. The van der Waals surface area contributed by atoms with E-state index >= 15 is 0 Å². The molecule has 1 heterocycles. The normalized spacial score (nSPS) is 11.6.